The molecular weight excluding hydrogens is 364 g/mol. The number of carbonyl (C=O) groups excluding carboxylic acids is 1. The van der Waals surface area contributed by atoms with Gasteiger partial charge in [0.15, 0.2) is 5.76 Å². The molecule has 1 amide bonds. The summed E-state index contributed by atoms with van der Waals surface area (Å²) in [7, 11) is 0. The van der Waals surface area contributed by atoms with Crippen molar-refractivity contribution in [1.29, 1.82) is 0 Å². The summed E-state index contributed by atoms with van der Waals surface area (Å²) in [5.41, 5.74) is 1.18. The Morgan fingerprint density at radius 3 is 2.33 bits per heavy atom. The van der Waals surface area contributed by atoms with Gasteiger partial charge < -0.3 is 19.0 Å². The normalized spacial score (nSPS) is 14.3. The average Bonchev–Trinajstić information content (AvgIpc) is 3.18. The molecule has 4 rings (SSSR count). The van der Waals surface area contributed by atoms with E-state index in [0.717, 1.165) is 13.1 Å². The van der Waals surface area contributed by atoms with Crippen LogP contribution in [0.25, 0.3) is 0 Å². The molecule has 1 aliphatic rings. The van der Waals surface area contributed by atoms with Crippen LogP contribution in [0.5, 0.6) is 11.7 Å². The van der Waals surface area contributed by atoms with Crippen molar-refractivity contribution in [1.82, 2.24) is 4.90 Å². The molecule has 1 aromatic heterocycles. The van der Waals surface area contributed by atoms with Gasteiger partial charge in [0.05, 0.1) is 5.02 Å². The number of rotatable bonds is 4. The van der Waals surface area contributed by atoms with E-state index in [0.29, 0.717) is 23.9 Å². The van der Waals surface area contributed by atoms with Crippen LogP contribution in [0.2, 0.25) is 5.02 Å². The third-order valence-electron chi connectivity index (χ3n) is 4.53. The van der Waals surface area contributed by atoms with Crippen LogP contribution in [0.15, 0.2) is 71.1 Å². The molecule has 2 aromatic carbocycles. The lowest BCUT2D eigenvalue weighted by Gasteiger charge is -2.35. The maximum Gasteiger partial charge on any atom is 0.290 e. The monoisotopic (exact) mass is 382 g/mol. The van der Waals surface area contributed by atoms with Gasteiger partial charge in [-0.25, -0.2) is 0 Å². The Bertz CT molecular complexity index is 918. The molecule has 27 heavy (non-hydrogen) atoms. The minimum atomic E-state index is -0.128. The number of hydrogen-bond donors (Lipinski definition) is 0. The average molecular weight is 383 g/mol. The summed E-state index contributed by atoms with van der Waals surface area (Å²) in [6, 6.07) is 20.6. The van der Waals surface area contributed by atoms with Crippen LogP contribution >= 0.6 is 11.6 Å². The van der Waals surface area contributed by atoms with E-state index >= 15 is 0 Å². The summed E-state index contributed by atoms with van der Waals surface area (Å²) in [6.07, 6.45) is 0. The second-order valence-corrected chi connectivity index (χ2v) is 6.67. The smallest absolute Gasteiger partial charge is 0.290 e. The lowest BCUT2D eigenvalue weighted by Crippen LogP contribution is -2.48. The fourth-order valence-electron chi connectivity index (χ4n) is 3.09. The van der Waals surface area contributed by atoms with Crippen molar-refractivity contribution in [3.63, 3.8) is 0 Å². The summed E-state index contributed by atoms with van der Waals surface area (Å²) in [5.74, 6) is 0.875. The van der Waals surface area contributed by atoms with Crippen molar-refractivity contribution >= 4 is 23.2 Å². The van der Waals surface area contributed by atoms with E-state index in [1.807, 2.05) is 30.3 Å². The molecule has 3 aromatic rings. The van der Waals surface area contributed by atoms with E-state index in [9.17, 15) is 4.79 Å². The Kier molecular flexibility index (Phi) is 5.03. The van der Waals surface area contributed by atoms with Crippen molar-refractivity contribution in [2.24, 2.45) is 0 Å². The Labute approximate surface area is 162 Å². The summed E-state index contributed by atoms with van der Waals surface area (Å²) in [6.45, 7) is 2.88. The molecule has 0 saturated carbocycles. The predicted molar refractivity (Wildman–Crippen MR) is 105 cm³/mol. The first-order chi connectivity index (χ1) is 13.2. The van der Waals surface area contributed by atoms with E-state index in [-0.39, 0.29) is 17.6 Å². The molecule has 0 radical (unpaired) electrons. The Morgan fingerprint density at radius 1 is 0.889 bits per heavy atom. The predicted octanol–water partition coefficient (Wildman–Crippen LogP) is 4.69. The number of para-hydroxylation sites is 2. The number of piperazine rings is 1. The molecule has 5 nitrogen and oxygen atoms in total. The molecule has 6 heteroatoms. The number of ether oxygens (including phenoxy) is 1. The van der Waals surface area contributed by atoms with E-state index in [4.69, 9.17) is 20.8 Å². The van der Waals surface area contributed by atoms with E-state index in [1.165, 1.54) is 5.69 Å². The van der Waals surface area contributed by atoms with E-state index in [1.54, 1.807) is 29.2 Å². The van der Waals surface area contributed by atoms with Crippen LogP contribution in [-0.4, -0.2) is 37.0 Å². The van der Waals surface area contributed by atoms with Crippen LogP contribution in [0.4, 0.5) is 5.69 Å². The fourth-order valence-corrected chi connectivity index (χ4v) is 3.26. The first kappa shape index (κ1) is 17.5. The van der Waals surface area contributed by atoms with Gasteiger partial charge in [0, 0.05) is 37.9 Å². The van der Waals surface area contributed by atoms with Gasteiger partial charge in [0.25, 0.3) is 11.9 Å². The van der Waals surface area contributed by atoms with Gasteiger partial charge in [-0.3, -0.25) is 4.79 Å². The van der Waals surface area contributed by atoms with Gasteiger partial charge in [-0.15, -0.1) is 0 Å². The molecule has 1 saturated heterocycles. The number of halogens is 1. The van der Waals surface area contributed by atoms with Gasteiger partial charge in [0.1, 0.15) is 5.75 Å². The zero-order valence-corrected chi connectivity index (χ0v) is 15.4. The van der Waals surface area contributed by atoms with Crippen LogP contribution in [-0.2, 0) is 0 Å². The number of hydrogen-bond acceptors (Lipinski definition) is 4. The Morgan fingerprint density at radius 2 is 1.59 bits per heavy atom. The quantitative estimate of drug-likeness (QED) is 0.656. The number of carbonyl (C=O) groups is 1. The highest BCUT2D eigenvalue weighted by molar-refractivity contribution is 6.32. The van der Waals surface area contributed by atoms with Crippen LogP contribution in [0.1, 0.15) is 10.6 Å². The topological polar surface area (TPSA) is 45.9 Å². The van der Waals surface area contributed by atoms with Crippen molar-refractivity contribution in [2.45, 2.75) is 0 Å². The van der Waals surface area contributed by atoms with Crippen LogP contribution in [0, 0.1) is 0 Å². The number of benzene rings is 2. The van der Waals surface area contributed by atoms with Gasteiger partial charge >= 0.3 is 0 Å². The molecule has 0 aliphatic carbocycles. The third kappa shape index (κ3) is 3.93. The number of amides is 1. The summed E-state index contributed by atoms with van der Waals surface area (Å²) < 4.78 is 11.2. The zero-order valence-electron chi connectivity index (χ0n) is 14.7. The minimum Gasteiger partial charge on any atom is -0.424 e. The highest BCUT2D eigenvalue weighted by Crippen LogP contribution is 2.30. The lowest BCUT2D eigenvalue weighted by molar-refractivity contribution is 0.0709. The highest BCUT2D eigenvalue weighted by Gasteiger charge is 2.24. The summed E-state index contributed by atoms with van der Waals surface area (Å²) in [5, 5.41) is 0.485. The zero-order chi connectivity index (χ0) is 18.6. The number of anilines is 1. The van der Waals surface area contributed by atoms with Gasteiger partial charge in [0.2, 0.25) is 0 Å². The Balaban J connectivity index is 1.38. The SMILES string of the molecule is O=C(c1ccc(Oc2ccccc2Cl)o1)N1CCN(c2ccccc2)CC1. The maximum atomic E-state index is 12.7. The van der Waals surface area contributed by atoms with E-state index in [2.05, 4.69) is 17.0 Å². The van der Waals surface area contributed by atoms with Crippen LogP contribution in [0.3, 0.4) is 0 Å². The second kappa shape index (κ2) is 7.76. The molecule has 0 unspecified atom stereocenters. The highest BCUT2D eigenvalue weighted by atomic mass is 35.5. The molecule has 0 spiro atoms. The lowest BCUT2D eigenvalue weighted by atomic mass is 10.2. The van der Waals surface area contributed by atoms with Crippen molar-refractivity contribution in [2.75, 3.05) is 31.1 Å². The van der Waals surface area contributed by atoms with Gasteiger partial charge in [-0.2, -0.15) is 0 Å². The minimum absolute atomic E-state index is 0.128. The third-order valence-corrected chi connectivity index (χ3v) is 4.84. The summed E-state index contributed by atoms with van der Waals surface area (Å²) in [4.78, 5) is 16.8. The molecule has 0 bridgehead atoms. The molecule has 0 N–H and O–H groups in total. The Hall–Kier alpha value is -2.92. The van der Waals surface area contributed by atoms with E-state index < -0.39 is 0 Å². The summed E-state index contributed by atoms with van der Waals surface area (Å²) >= 11 is 6.08. The maximum absolute atomic E-state index is 12.7. The molecule has 1 aliphatic heterocycles. The van der Waals surface area contributed by atoms with Crippen molar-refractivity contribution in [3.8, 4) is 11.7 Å². The molecule has 1 fully saturated rings. The molecule has 138 valence electrons. The molecule has 0 atom stereocenters. The standard InChI is InChI=1S/C21H19ClN2O3/c22-17-8-4-5-9-18(17)26-20-11-10-19(27-20)21(25)24-14-12-23(13-15-24)16-6-2-1-3-7-16/h1-11H,12-15H2. The van der Waals surface area contributed by atoms with Crippen molar-refractivity contribution in [3.05, 3.63) is 77.5 Å². The largest absolute Gasteiger partial charge is 0.424 e. The molecular formula is C21H19ClN2O3. The van der Waals surface area contributed by atoms with Crippen molar-refractivity contribution < 1.29 is 13.9 Å². The number of furan rings is 1. The number of nitrogens with zero attached hydrogens (tertiary/aromatic N) is 2. The first-order valence-corrected chi connectivity index (χ1v) is 9.20. The van der Waals surface area contributed by atoms with Gasteiger partial charge in [-0.1, -0.05) is 41.9 Å². The fraction of sp³-hybridized carbons (Fsp3) is 0.190. The first-order valence-electron chi connectivity index (χ1n) is 8.82. The van der Waals surface area contributed by atoms with Gasteiger partial charge in [-0.05, 0) is 30.3 Å². The second-order valence-electron chi connectivity index (χ2n) is 6.27. The van der Waals surface area contributed by atoms with Crippen LogP contribution < -0.4 is 9.64 Å². The molecule has 2 heterocycles.